The van der Waals surface area contributed by atoms with Gasteiger partial charge in [0.15, 0.2) is 5.78 Å². The van der Waals surface area contributed by atoms with Gasteiger partial charge in [-0.2, -0.15) is 0 Å². The van der Waals surface area contributed by atoms with Crippen LogP contribution in [0.4, 0.5) is 0 Å². The zero-order valence-corrected chi connectivity index (χ0v) is 11.1. The van der Waals surface area contributed by atoms with Gasteiger partial charge in [-0.15, -0.1) is 11.8 Å². The Morgan fingerprint density at radius 2 is 2.28 bits per heavy atom. The minimum absolute atomic E-state index is 0.136. The average molecular weight is 264 g/mol. The van der Waals surface area contributed by atoms with E-state index in [1.54, 1.807) is 17.8 Å². The molecule has 18 heavy (non-hydrogen) atoms. The predicted octanol–water partition coefficient (Wildman–Crippen LogP) is 3.33. The molecule has 96 valence electrons. The Balaban J connectivity index is 2.41. The molecule has 0 radical (unpaired) electrons. The Morgan fingerprint density at radius 3 is 2.94 bits per heavy atom. The second-order valence-corrected chi connectivity index (χ2v) is 5.57. The van der Waals surface area contributed by atoms with Gasteiger partial charge < -0.3 is 5.11 Å². The Kier molecular flexibility index (Phi) is 4.07. The molecule has 0 saturated heterocycles. The molecule has 0 fully saturated rings. The zero-order chi connectivity index (χ0) is 13.1. The van der Waals surface area contributed by atoms with E-state index in [9.17, 15) is 9.59 Å². The van der Waals surface area contributed by atoms with Crippen LogP contribution in [-0.2, 0) is 4.79 Å². The van der Waals surface area contributed by atoms with Crippen LogP contribution in [-0.4, -0.2) is 22.6 Å². The number of benzene rings is 1. The molecule has 3 nitrogen and oxygen atoms in total. The number of hydrogen-bond acceptors (Lipinski definition) is 3. The van der Waals surface area contributed by atoms with Crippen molar-refractivity contribution in [1.82, 2.24) is 0 Å². The van der Waals surface area contributed by atoms with E-state index in [-0.39, 0.29) is 5.78 Å². The Labute approximate surface area is 111 Å². The number of ketones is 1. The maximum absolute atomic E-state index is 12.0. The molecule has 2 rings (SSSR count). The highest BCUT2D eigenvalue weighted by molar-refractivity contribution is 7.99. The highest BCUT2D eigenvalue weighted by atomic mass is 32.2. The molecule has 1 aliphatic rings. The van der Waals surface area contributed by atoms with Gasteiger partial charge in [0, 0.05) is 16.9 Å². The van der Waals surface area contributed by atoms with Crippen molar-refractivity contribution in [3.8, 4) is 0 Å². The lowest BCUT2D eigenvalue weighted by molar-refractivity contribution is -0.138. The first-order valence-electron chi connectivity index (χ1n) is 6.16. The molecule has 1 aromatic rings. The van der Waals surface area contributed by atoms with Crippen LogP contribution in [0.15, 0.2) is 23.1 Å². The number of fused-ring (bicyclic) bond motifs is 1. The number of carboxylic acids is 1. The Bertz CT molecular complexity index is 482. The number of rotatable bonds is 3. The third kappa shape index (κ3) is 2.58. The summed E-state index contributed by atoms with van der Waals surface area (Å²) in [6.45, 7) is 1.85. The van der Waals surface area contributed by atoms with E-state index < -0.39 is 11.9 Å². The zero-order valence-electron chi connectivity index (χ0n) is 10.3. The molecular formula is C14H16O3S. The van der Waals surface area contributed by atoms with Crippen LogP contribution in [0.25, 0.3) is 0 Å². The van der Waals surface area contributed by atoms with Crippen molar-refractivity contribution in [2.24, 2.45) is 0 Å². The van der Waals surface area contributed by atoms with Crippen molar-refractivity contribution in [2.75, 3.05) is 5.75 Å². The molecule has 1 aliphatic heterocycles. The first-order chi connectivity index (χ1) is 8.63. The van der Waals surface area contributed by atoms with E-state index in [4.69, 9.17) is 5.11 Å². The van der Waals surface area contributed by atoms with E-state index in [0.717, 1.165) is 22.6 Å². The molecule has 0 bridgehead atoms. The molecule has 1 aromatic carbocycles. The van der Waals surface area contributed by atoms with Crippen molar-refractivity contribution in [2.45, 2.75) is 37.0 Å². The van der Waals surface area contributed by atoms with Crippen LogP contribution in [0.1, 0.15) is 48.0 Å². The molecule has 1 heterocycles. The highest BCUT2D eigenvalue weighted by Gasteiger charge is 2.22. The van der Waals surface area contributed by atoms with Crippen LogP contribution < -0.4 is 0 Å². The summed E-state index contributed by atoms with van der Waals surface area (Å²) in [4.78, 5) is 24.1. The highest BCUT2D eigenvalue weighted by Crippen LogP contribution is 2.32. The molecule has 1 atom stereocenters. The number of hydrogen-bond donors (Lipinski definition) is 1. The fourth-order valence-electron chi connectivity index (χ4n) is 2.21. The van der Waals surface area contributed by atoms with Gasteiger partial charge in [-0.1, -0.05) is 13.0 Å². The van der Waals surface area contributed by atoms with Gasteiger partial charge in [0.05, 0.1) is 5.92 Å². The summed E-state index contributed by atoms with van der Waals surface area (Å²) in [5.41, 5.74) is 1.44. The van der Waals surface area contributed by atoms with Crippen molar-refractivity contribution in [3.63, 3.8) is 0 Å². The maximum atomic E-state index is 12.0. The van der Waals surface area contributed by atoms with Gasteiger partial charge in [0.2, 0.25) is 0 Å². The van der Waals surface area contributed by atoms with Crippen LogP contribution >= 0.6 is 11.8 Å². The number of carbonyl (C=O) groups is 2. The minimum Gasteiger partial charge on any atom is -0.481 e. The van der Waals surface area contributed by atoms with Gasteiger partial charge in [-0.3, -0.25) is 9.59 Å². The molecule has 1 unspecified atom stereocenters. The smallest absolute Gasteiger partial charge is 0.310 e. The second-order valence-electron chi connectivity index (χ2n) is 4.43. The second kappa shape index (κ2) is 5.57. The van der Waals surface area contributed by atoms with Crippen molar-refractivity contribution >= 4 is 23.5 Å². The Morgan fingerprint density at radius 1 is 1.50 bits per heavy atom. The number of aliphatic carboxylic acids is 1. The van der Waals surface area contributed by atoms with Crippen molar-refractivity contribution in [1.29, 1.82) is 0 Å². The number of carboxylic acid groups (broad SMARTS) is 1. The van der Waals surface area contributed by atoms with Gasteiger partial charge in [-0.25, -0.2) is 0 Å². The summed E-state index contributed by atoms with van der Waals surface area (Å²) in [5, 5.41) is 9.16. The van der Waals surface area contributed by atoms with Gasteiger partial charge >= 0.3 is 5.97 Å². The van der Waals surface area contributed by atoms with Crippen LogP contribution in [0, 0.1) is 0 Å². The fraction of sp³-hybridized carbons (Fsp3) is 0.429. The van der Waals surface area contributed by atoms with E-state index in [1.165, 1.54) is 0 Å². The van der Waals surface area contributed by atoms with E-state index in [1.807, 2.05) is 19.1 Å². The summed E-state index contributed by atoms with van der Waals surface area (Å²) >= 11 is 1.68. The monoisotopic (exact) mass is 264 g/mol. The summed E-state index contributed by atoms with van der Waals surface area (Å²) in [5.74, 6) is -0.256. The fourth-order valence-corrected chi connectivity index (χ4v) is 3.21. The lowest BCUT2D eigenvalue weighted by Gasteiger charge is -2.13. The van der Waals surface area contributed by atoms with E-state index >= 15 is 0 Å². The summed E-state index contributed by atoms with van der Waals surface area (Å²) in [6, 6.07) is 5.51. The lowest BCUT2D eigenvalue weighted by Crippen LogP contribution is -2.11. The standard InChI is InChI=1S/C14H16O3S/c1-2-10(14(16)17)9-5-6-13-11(8-9)12(15)4-3-7-18-13/h5-6,8,10H,2-4,7H2,1H3,(H,16,17). The van der Waals surface area contributed by atoms with Crippen molar-refractivity contribution < 1.29 is 14.7 Å². The topological polar surface area (TPSA) is 54.4 Å². The molecule has 0 saturated carbocycles. The van der Waals surface area contributed by atoms with E-state index in [2.05, 4.69) is 0 Å². The first kappa shape index (κ1) is 13.1. The summed E-state index contributed by atoms with van der Waals surface area (Å²) in [6.07, 6.45) is 1.99. The van der Waals surface area contributed by atoms with Crippen LogP contribution in [0.5, 0.6) is 0 Å². The Hall–Kier alpha value is -1.29. The molecule has 0 aliphatic carbocycles. The molecule has 1 N–H and O–H groups in total. The normalized spacial score (nSPS) is 16.8. The van der Waals surface area contributed by atoms with Crippen LogP contribution in [0.3, 0.4) is 0 Å². The number of carbonyl (C=O) groups excluding carboxylic acids is 1. The molecular weight excluding hydrogens is 248 g/mol. The van der Waals surface area contributed by atoms with Gasteiger partial charge in [0.1, 0.15) is 0 Å². The molecule has 0 spiro atoms. The molecule has 0 amide bonds. The predicted molar refractivity (Wildman–Crippen MR) is 71.4 cm³/mol. The number of thioether (sulfide) groups is 1. The number of Topliss-reactive ketones (excluding diaryl/α,β-unsaturated/α-hetero) is 1. The SMILES string of the molecule is CCC(C(=O)O)c1ccc2c(c1)C(=O)CCCS2. The van der Waals surface area contributed by atoms with Gasteiger partial charge in [0.25, 0.3) is 0 Å². The van der Waals surface area contributed by atoms with E-state index in [0.29, 0.717) is 18.4 Å². The molecule has 4 heteroatoms. The third-order valence-corrected chi connectivity index (χ3v) is 4.38. The third-order valence-electron chi connectivity index (χ3n) is 3.22. The minimum atomic E-state index is -0.828. The lowest BCUT2D eigenvalue weighted by atomic mass is 9.93. The first-order valence-corrected chi connectivity index (χ1v) is 7.14. The summed E-state index contributed by atoms with van der Waals surface area (Å²) in [7, 11) is 0. The van der Waals surface area contributed by atoms with Gasteiger partial charge in [-0.05, 0) is 36.3 Å². The summed E-state index contributed by atoms with van der Waals surface area (Å²) < 4.78 is 0. The average Bonchev–Trinajstić information content (AvgIpc) is 2.52. The largest absolute Gasteiger partial charge is 0.481 e. The van der Waals surface area contributed by atoms with Crippen molar-refractivity contribution in [3.05, 3.63) is 29.3 Å². The van der Waals surface area contributed by atoms with Crippen LogP contribution in [0.2, 0.25) is 0 Å². The maximum Gasteiger partial charge on any atom is 0.310 e. The molecule has 0 aromatic heterocycles. The quantitative estimate of drug-likeness (QED) is 0.909.